The minimum atomic E-state index is -0.775. The molecule has 5 nitrogen and oxygen atoms in total. The van der Waals surface area contributed by atoms with Crippen molar-refractivity contribution < 1.29 is 14.3 Å². The lowest BCUT2D eigenvalue weighted by atomic mass is 9.85. The molecular weight excluding hydrogens is 273 g/mol. The molecule has 0 bridgehead atoms. The number of nitrogens with zero attached hydrogens (tertiary/aromatic N) is 2. The molecule has 0 spiro atoms. The topological polar surface area (TPSA) is 65.5 Å². The number of rotatable bonds is 7. The molecule has 0 aromatic carbocycles. The van der Waals surface area contributed by atoms with Crippen molar-refractivity contribution in [2.75, 3.05) is 18.4 Å². The van der Waals surface area contributed by atoms with Crippen LogP contribution in [0.2, 0.25) is 0 Å². The molecule has 1 aromatic rings. The van der Waals surface area contributed by atoms with Gasteiger partial charge in [0.25, 0.3) is 0 Å². The van der Waals surface area contributed by atoms with E-state index in [0.29, 0.717) is 5.92 Å². The van der Waals surface area contributed by atoms with Crippen LogP contribution < -0.4 is 5.32 Å². The van der Waals surface area contributed by atoms with Gasteiger partial charge in [0.15, 0.2) is 11.6 Å². The molecule has 2 aliphatic carbocycles. The predicted octanol–water partition coefficient (Wildman–Crippen LogP) is 1.96. The monoisotopic (exact) mass is 293 g/mol. The van der Waals surface area contributed by atoms with Gasteiger partial charge in [-0.25, -0.2) is 9.37 Å². The maximum absolute atomic E-state index is 13.5. The molecule has 0 saturated heterocycles. The number of hydrogen-bond donors (Lipinski definition) is 2. The fraction of sp³-hybridized carbons (Fsp3) is 0.600. The van der Waals surface area contributed by atoms with Gasteiger partial charge in [-0.3, -0.25) is 9.69 Å². The quantitative estimate of drug-likeness (QED) is 0.804. The highest BCUT2D eigenvalue weighted by Gasteiger charge is 2.37. The van der Waals surface area contributed by atoms with E-state index in [1.54, 1.807) is 12.3 Å². The van der Waals surface area contributed by atoms with Crippen LogP contribution in [0, 0.1) is 11.7 Å². The largest absolute Gasteiger partial charge is 0.480 e. The molecule has 0 atom stereocenters. The molecule has 3 rings (SSSR count). The summed E-state index contributed by atoms with van der Waals surface area (Å²) in [5.41, 5.74) is 0. The van der Waals surface area contributed by atoms with Gasteiger partial charge < -0.3 is 10.4 Å². The van der Waals surface area contributed by atoms with E-state index in [1.807, 2.05) is 0 Å². The Morgan fingerprint density at radius 2 is 2.24 bits per heavy atom. The highest BCUT2D eigenvalue weighted by Crippen LogP contribution is 2.34. The first-order chi connectivity index (χ1) is 10.1. The number of nitrogens with one attached hydrogen (secondary N) is 1. The second kappa shape index (κ2) is 5.97. The summed E-state index contributed by atoms with van der Waals surface area (Å²) >= 11 is 0. The molecular formula is C15H20FN3O2. The number of carboxylic acid groups (broad SMARTS) is 1. The van der Waals surface area contributed by atoms with Crippen LogP contribution in [-0.2, 0) is 4.79 Å². The Labute approximate surface area is 123 Å². The number of carbonyl (C=O) groups is 1. The first-order valence-electron chi connectivity index (χ1n) is 7.44. The van der Waals surface area contributed by atoms with Crippen LogP contribution in [0.5, 0.6) is 0 Å². The van der Waals surface area contributed by atoms with E-state index in [2.05, 4.69) is 15.2 Å². The first-order valence-corrected chi connectivity index (χ1v) is 7.44. The Bertz CT molecular complexity index is 515. The lowest BCUT2D eigenvalue weighted by Crippen LogP contribution is -2.52. The summed E-state index contributed by atoms with van der Waals surface area (Å²) in [7, 11) is 0. The summed E-state index contributed by atoms with van der Waals surface area (Å²) in [4.78, 5) is 17.0. The predicted molar refractivity (Wildman–Crippen MR) is 76.6 cm³/mol. The van der Waals surface area contributed by atoms with E-state index in [4.69, 9.17) is 5.11 Å². The minimum Gasteiger partial charge on any atom is -0.480 e. The molecule has 21 heavy (non-hydrogen) atoms. The summed E-state index contributed by atoms with van der Waals surface area (Å²) in [6.07, 6.45) is 5.67. The summed E-state index contributed by atoms with van der Waals surface area (Å²) in [5, 5.41) is 12.1. The molecule has 114 valence electrons. The number of hydrogen-bond acceptors (Lipinski definition) is 4. The summed E-state index contributed by atoms with van der Waals surface area (Å²) in [5.74, 6) is -0.165. The molecule has 2 aliphatic rings. The molecule has 6 heteroatoms. The first kappa shape index (κ1) is 14.3. The van der Waals surface area contributed by atoms with Gasteiger partial charge in [-0.15, -0.1) is 0 Å². The average Bonchev–Trinajstić information content (AvgIpc) is 3.18. The van der Waals surface area contributed by atoms with E-state index < -0.39 is 5.97 Å². The van der Waals surface area contributed by atoms with Crippen molar-refractivity contribution in [1.82, 2.24) is 9.88 Å². The lowest BCUT2D eigenvalue weighted by Gasteiger charge is -2.43. The molecule has 2 saturated carbocycles. The number of aromatic nitrogens is 1. The van der Waals surface area contributed by atoms with Crippen LogP contribution in [0.15, 0.2) is 18.3 Å². The third-order valence-corrected chi connectivity index (χ3v) is 4.26. The van der Waals surface area contributed by atoms with Crippen molar-refractivity contribution >= 4 is 11.8 Å². The zero-order valence-corrected chi connectivity index (χ0v) is 11.8. The van der Waals surface area contributed by atoms with Gasteiger partial charge in [0.1, 0.15) is 0 Å². The van der Waals surface area contributed by atoms with Gasteiger partial charge >= 0.3 is 5.97 Å². The number of carboxylic acids is 1. The van der Waals surface area contributed by atoms with Crippen LogP contribution in [0.25, 0.3) is 0 Å². The molecule has 1 heterocycles. The highest BCUT2D eigenvalue weighted by molar-refractivity contribution is 5.69. The minimum absolute atomic E-state index is 0.103. The molecule has 0 unspecified atom stereocenters. The number of aliphatic carboxylic acids is 1. The average molecular weight is 293 g/mol. The van der Waals surface area contributed by atoms with Crippen LogP contribution in [0.3, 0.4) is 0 Å². The fourth-order valence-corrected chi connectivity index (χ4v) is 2.84. The SMILES string of the molecule is O=C(O)CN(CC1CC1)C1CC(Nc2ncccc2F)C1. The van der Waals surface area contributed by atoms with Crippen molar-refractivity contribution in [3.8, 4) is 0 Å². The van der Waals surface area contributed by atoms with Gasteiger partial charge in [0.05, 0.1) is 6.54 Å². The molecule has 0 amide bonds. The van der Waals surface area contributed by atoms with Crippen LogP contribution >= 0.6 is 0 Å². The normalized spacial score (nSPS) is 24.7. The van der Waals surface area contributed by atoms with Crippen molar-refractivity contribution in [3.63, 3.8) is 0 Å². The number of anilines is 1. The van der Waals surface area contributed by atoms with E-state index in [-0.39, 0.29) is 30.3 Å². The van der Waals surface area contributed by atoms with Crippen molar-refractivity contribution in [2.45, 2.75) is 37.8 Å². The summed E-state index contributed by atoms with van der Waals surface area (Å²) in [6.45, 7) is 0.980. The second-order valence-electron chi connectivity index (χ2n) is 6.07. The van der Waals surface area contributed by atoms with Crippen LogP contribution in [0.1, 0.15) is 25.7 Å². The molecule has 0 radical (unpaired) electrons. The third kappa shape index (κ3) is 3.69. The third-order valence-electron chi connectivity index (χ3n) is 4.26. The Morgan fingerprint density at radius 3 is 2.86 bits per heavy atom. The van der Waals surface area contributed by atoms with E-state index in [9.17, 15) is 9.18 Å². The molecule has 2 N–H and O–H groups in total. The van der Waals surface area contributed by atoms with Gasteiger partial charge in [0, 0.05) is 24.8 Å². The second-order valence-corrected chi connectivity index (χ2v) is 6.07. The number of halogens is 1. The van der Waals surface area contributed by atoms with Crippen LogP contribution in [-0.4, -0.2) is 46.1 Å². The lowest BCUT2D eigenvalue weighted by molar-refractivity contribution is -0.139. The zero-order valence-electron chi connectivity index (χ0n) is 11.8. The van der Waals surface area contributed by atoms with Crippen molar-refractivity contribution in [3.05, 3.63) is 24.1 Å². The van der Waals surface area contributed by atoms with E-state index in [1.165, 1.54) is 18.9 Å². The highest BCUT2D eigenvalue weighted by atomic mass is 19.1. The molecule has 1 aromatic heterocycles. The van der Waals surface area contributed by atoms with E-state index in [0.717, 1.165) is 19.4 Å². The van der Waals surface area contributed by atoms with Crippen LogP contribution in [0.4, 0.5) is 10.2 Å². The van der Waals surface area contributed by atoms with Gasteiger partial charge in [0.2, 0.25) is 0 Å². The smallest absolute Gasteiger partial charge is 0.317 e. The fourth-order valence-electron chi connectivity index (χ4n) is 2.84. The molecule has 0 aliphatic heterocycles. The summed E-state index contributed by atoms with van der Waals surface area (Å²) in [6, 6.07) is 3.41. The van der Waals surface area contributed by atoms with Gasteiger partial charge in [-0.2, -0.15) is 0 Å². The van der Waals surface area contributed by atoms with Crippen molar-refractivity contribution in [1.29, 1.82) is 0 Å². The van der Waals surface area contributed by atoms with E-state index >= 15 is 0 Å². The van der Waals surface area contributed by atoms with Gasteiger partial charge in [-0.1, -0.05) is 0 Å². The molecule has 2 fully saturated rings. The maximum Gasteiger partial charge on any atom is 0.317 e. The summed E-state index contributed by atoms with van der Waals surface area (Å²) < 4.78 is 13.5. The Hall–Kier alpha value is -1.69. The number of pyridine rings is 1. The Balaban J connectivity index is 1.51. The Morgan fingerprint density at radius 1 is 1.48 bits per heavy atom. The standard InChI is InChI=1S/C15H20FN3O2/c16-13-2-1-5-17-15(13)18-11-6-12(7-11)19(9-14(20)21)8-10-3-4-10/h1-2,5,10-12H,3-4,6-9H2,(H,17,18)(H,20,21). The maximum atomic E-state index is 13.5. The van der Waals surface area contributed by atoms with Crippen molar-refractivity contribution in [2.24, 2.45) is 5.92 Å². The van der Waals surface area contributed by atoms with Gasteiger partial charge in [-0.05, 0) is 43.7 Å². The zero-order chi connectivity index (χ0) is 14.8. The Kier molecular flexibility index (Phi) is 4.05.